The van der Waals surface area contributed by atoms with Gasteiger partial charge in [0.2, 0.25) is 0 Å². The van der Waals surface area contributed by atoms with E-state index in [4.69, 9.17) is 9.47 Å². The van der Waals surface area contributed by atoms with Gasteiger partial charge >= 0.3 is 6.18 Å². The average Bonchev–Trinajstić information content (AvgIpc) is 2.71. The van der Waals surface area contributed by atoms with Gasteiger partial charge in [0.05, 0.1) is 13.2 Å². The quantitative estimate of drug-likeness (QED) is 0.379. The fourth-order valence-electron chi connectivity index (χ4n) is 3.10. The lowest BCUT2D eigenvalue weighted by atomic mass is 9.97. The molecular formula is C21H14F8O2. The molecule has 0 aromatic heterocycles. The molecule has 1 saturated heterocycles. The smallest absolute Gasteiger partial charge is 0.348 e. The third-order valence-electron chi connectivity index (χ3n) is 4.60. The third kappa shape index (κ3) is 4.80. The summed E-state index contributed by atoms with van der Waals surface area (Å²) < 4.78 is 118. The van der Waals surface area contributed by atoms with E-state index >= 15 is 0 Å². The second kappa shape index (κ2) is 8.80. The van der Waals surface area contributed by atoms with E-state index in [1.54, 1.807) is 0 Å². The summed E-state index contributed by atoms with van der Waals surface area (Å²) in [6.45, 7) is 2.67. The number of allylic oxidation sites excluding steroid dienone is 2. The van der Waals surface area contributed by atoms with Crippen molar-refractivity contribution in [1.29, 1.82) is 0 Å². The third-order valence-corrected chi connectivity index (χ3v) is 4.60. The SMILES string of the molecule is C=CC(F)=C(F)c1ccc(C2COC(c3cc(F)c(C(F)(F)F)c(F)c3)OC2)c(F)c1. The molecule has 2 aromatic carbocycles. The lowest BCUT2D eigenvalue weighted by Gasteiger charge is -2.30. The minimum Gasteiger partial charge on any atom is -0.348 e. The van der Waals surface area contributed by atoms with Crippen molar-refractivity contribution in [3.63, 3.8) is 0 Å². The summed E-state index contributed by atoms with van der Waals surface area (Å²) in [5.74, 6) is -7.75. The molecule has 0 amide bonds. The molecule has 1 aliphatic heterocycles. The van der Waals surface area contributed by atoms with Gasteiger partial charge in [0, 0.05) is 17.0 Å². The summed E-state index contributed by atoms with van der Waals surface area (Å²) in [7, 11) is 0. The maximum Gasteiger partial charge on any atom is 0.422 e. The number of benzene rings is 2. The van der Waals surface area contributed by atoms with Crippen LogP contribution in [0.3, 0.4) is 0 Å². The highest BCUT2D eigenvalue weighted by Crippen LogP contribution is 2.37. The number of hydrogen-bond acceptors (Lipinski definition) is 2. The lowest BCUT2D eigenvalue weighted by Crippen LogP contribution is -2.26. The van der Waals surface area contributed by atoms with E-state index in [1.165, 1.54) is 6.07 Å². The molecule has 2 nitrogen and oxygen atoms in total. The number of ether oxygens (including phenoxy) is 2. The van der Waals surface area contributed by atoms with Crippen LogP contribution in [0.4, 0.5) is 35.1 Å². The second-order valence-electron chi connectivity index (χ2n) is 6.66. The van der Waals surface area contributed by atoms with Crippen LogP contribution in [0.1, 0.15) is 34.5 Å². The largest absolute Gasteiger partial charge is 0.422 e. The normalized spacial score (nSPS) is 20.4. The van der Waals surface area contributed by atoms with Crippen LogP contribution >= 0.6 is 0 Å². The first-order chi connectivity index (χ1) is 14.5. The second-order valence-corrected chi connectivity index (χ2v) is 6.66. The van der Waals surface area contributed by atoms with Crippen LogP contribution in [0, 0.1) is 17.5 Å². The van der Waals surface area contributed by atoms with Crippen LogP contribution in [-0.4, -0.2) is 13.2 Å². The summed E-state index contributed by atoms with van der Waals surface area (Å²) in [5.41, 5.74) is -2.63. The number of hydrogen-bond donors (Lipinski definition) is 0. The van der Waals surface area contributed by atoms with Crippen molar-refractivity contribution in [1.82, 2.24) is 0 Å². The van der Waals surface area contributed by atoms with Gasteiger partial charge in [-0.15, -0.1) is 0 Å². The molecule has 1 aliphatic rings. The van der Waals surface area contributed by atoms with Crippen molar-refractivity contribution in [2.45, 2.75) is 18.4 Å². The van der Waals surface area contributed by atoms with Gasteiger partial charge in [-0.1, -0.05) is 18.7 Å². The number of rotatable bonds is 4. The van der Waals surface area contributed by atoms with Crippen LogP contribution in [0.15, 0.2) is 48.8 Å². The van der Waals surface area contributed by atoms with Crippen LogP contribution in [0.25, 0.3) is 5.83 Å². The molecule has 0 N–H and O–H groups in total. The van der Waals surface area contributed by atoms with Crippen molar-refractivity contribution in [2.24, 2.45) is 0 Å². The topological polar surface area (TPSA) is 18.5 Å². The molecule has 0 spiro atoms. The Morgan fingerprint density at radius 3 is 2.00 bits per heavy atom. The monoisotopic (exact) mass is 450 g/mol. The van der Waals surface area contributed by atoms with Crippen molar-refractivity contribution < 1.29 is 44.6 Å². The summed E-state index contributed by atoms with van der Waals surface area (Å²) >= 11 is 0. The van der Waals surface area contributed by atoms with Gasteiger partial charge in [0.25, 0.3) is 0 Å². The molecule has 0 atom stereocenters. The van der Waals surface area contributed by atoms with Gasteiger partial charge in [0.1, 0.15) is 23.0 Å². The zero-order valence-corrected chi connectivity index (χ0v) is 15.6. The Morgan fingerprint density at radius 2 is 1.52 bits per heavy atom. The Hall–Kier alpha value is -2.72. The highest BCUT2D eigenvalue weighted by Gasteiger charge is 2.39. The van der Waals surface area contributed by atoms with E-state index in [-0.39, 0.29) is 29.9 Å². The summed E-state index contributed by atoms with van der Waals surface area (Å²) in [5, 5.41) is 0. The fraction of sp³-hybridized carbons (Fsp3) is 0.238. The van der Waals surface area contributed by atoms with E-state index in [2.05, 4.69) is 6.58 Å². The molecule has 166 valence electrons. The number of alkyl halides is 3. The van der Waals surface area contributed by atoms with Gasteiger partial charge in [0.15, 0.2) is 17.9 Å². The Balaban J connectivity index is 1.75. The maximum atomic E-state index is 14.4. The first-order valence-corrected chi connectivity index (χ1v) is 8.79. The van der Waals surface area contributed by atoms with Crippen LogP contribution in [0.2, 0.25) is 0 Å². The molecule has 3 rings (SSSR count). The van der Waals surface area contributed by atoms with E-state index in [0.29, 0.717) is 18.2 Å². The zero-order chi connectivity index (χ0) is 22.9. The molecule has 2 aromatic rings. The Kier molecular flexibility index (Phi) is 6.51. The summed E-state index contributed by atoms with van der Waals surface area (Å²) in [4.78, 5) is 0. The van der Waals surface area contributed by atoms with E-state index < -0.39 is 53.1 Å². The lowest BCUT2D eigenvalue weighted by molar-refractivity contribution is -0.192. The van der Waals surface area contributed by atoms with Crippen LogP contribution < -0.4 is 0 Å². The van der Waals surface area contributed by atoms with Crippen molar-refractivity contribution in [3.8, 4) is 0 Å². The molecule has 0 aliphatic carbocycles. The molecule has 1 heterocycles. The maximum absolute atomic E-state index is 14.4. The molecule has 31 heavy (non-hydrogen) atoms. The Morgan fingerprint density at radius 1 is 0.935 bits per heavy atom. The minimum atomic E-state index is -5.21. The van der Waals surface area contributed by atoms with E-state index in [0.717, 1.165) is 12.1 Å². The standard InChI is InChI=1S/C21H14F8O2/c1-2-14(22)19(26)10-3-4-13(15(23)5-10)12-8-30-20(31-9-12)11-6-16(24)18(17(25)7-11)21(27,28)29/h2-7,12,20H,1,8-9H2. The predicted molar refractivity (Wildman–Crippen MR) is 94.5 cm³/mol. The van der Waals surface area contributed by atoms with Crippen LogP contribution in [-0.2, 0) is 15.7 Å². The Bertz CT molecular complexity index is 998. The number of halogens is 8. The van der Waals surface area contributed by atoms with Gasteiger partial charge < -0.3 is 9.47 Å². The predicted octanol–water partition coefficient (Wildman–Crippen LogP) is 6.75. The first kappa shape index (κ1) is 23.0. The molecule has 0 unspecified atom stereocenters. The average molecular weight is 450 g/mol. The minimum absolute atomic E-state index is 0.0544. The highest BCUT2D eigenvalue weighted by atomic mass is 19.4. The van der Waals surface area contributed by atoms with Gasteiger partial charge in [-0.2, -0.15) is 13.2 Å². The van der Waals surface area contributed by atoms with Crippen molar-refractivity contribution in [2.75, 3.05) is 13.2 Å². The van der Waals surface area contributed by atoms with E-state index in [9.17, 15) is 35.1 Å². The fourth-order valence-corrected chi connectivity index (χ4v) is 3.10. The van der Waals surface area contributed by atoms with Gasteiger partial charge in [-0.05, 0) is 29.8 Å². The van der Waals surface area contributed by atoms with Crippen LogP contribution in [0.5, 0.6) is 0 Å². The first-order valence-electron chi connectivity index (χ1n) is 8.79. The molecule has 1 fully saturated rings. The van der Waals surface area contributed by atoms with Crippen molar-refractivity contribution in [3.05, 3.63) is 88.5 Å². The van der Waals surface area contributed by atoms with Gasteiger partial charge in [-0.3, -0.25) is 0 Å². The summed E-state index contributed by atoms with van der Waals surface area (Å²) in [6, 6.07) is 4.03. The van der Waals surface area contributed by atoms with E-state index in [1.807, 2.05) is 0 Å². The molecule has 10 heteroatoms. The Labute approximate surface area is 171 Å². The highest BCUT2D eigenvalue weighted by molar-refractivity contribution is 5.63. The summed E-state index contributed by atoms with van der Waals surface area (Å²) in [6.07, 6.45) is -5.94. The van der Waals surface area contributed by atoms with Crippen molar-refractivity contribution >= 4 is 5.83 Å². The zero-order valence-electron chi connectivity index (χ0n) is 15.6. The van der Waals surface area contributed by atoms with Gasteiger partial charge in [-0.25, -0.2) is 22.0 Å². The molecule has 0 bridgehead atoms. The molecule has 0 radical (unpaired) electrons. The molecular weight excluding hydrogens is 436 g/mol. The molecule has 0 saturated carbocycles.